The molecule has 1 fully saturated rings. The summed E-state index contributed by atoms with van der Waals surface area (Å²) in [4.78, 5) is 21.7. The lowest BCUT2D eigenvalue weighted by Crippen LogP contribution is -1.96. The Morgan fingerprint density at radius 2 is 1.36 bits per heavy atom. The van der Waals surface area contributed by atoms with Crippen molar-refractivity contribution in [2.24, 2.45) is 0 Å². The standard InChI is InChI=1S/C8H8O3/c1-3-5-6(4-2)8(10)11-7(5)9/h3-4H,1-2H3/b5-3-,6-4?. The molecule has 0 aromatic heterocycles. The van der Waals surface area contributed by atoms with Crippen LogP contribution in [0.25, 0.3) is 0 Å². The predicted octanol–water partition coefficient (Wildman–Crippen LogP) is 0.962. The molecule has 0 saturated carbocycles. The van der Waals surface area contributed by atoms with Gasteiger partial charge in [0.25, 0.3) is 0 Å². The molecule has 0 aromatic rings. The van der Waals surface area contributed by atoms with Crippen LogP contribution >= 0.6 is 0 Å². The van der Waals surface area contributed by atoms with Crippen LogP contribution in [-0.2, 0) is 14.3 Å². The van der Waals surface area contributed by atoms with Gasteiger partial charge in [-0.15, -0.1) is 0 Å². The van der Waals surface area contributed by atoms with Crippen molar-refractivity contribution in [2.45, 2.75) is 13.8 Å². The van der Waals surface area contributed by atoms with Crippen LogP contribution in [-0.4, -0.2) is 11.9 Å². The Hall–Kier alpha value is -1.38. The first-order valence-corrected chi connectivity index (χ1v) is 3.30. The monoisotopic (exact) mass is 152 g/mol. The van der Waals surface area contributed by atoms with Gasteiger partial charge in [0.1, 0.15) is 0 Å². The number of carbonyl (C=O) groups excluding carboxylic acids is 2. The molecule has 0 amide bonds. The van der Waals surface area contributed by atoms with Crippen LogP contribution in [0.3, 0.4) is 0 Å². The number of hydrogen-bond acceptors (Lipinski definition) is 3. The summed E-state index contributed by atoms with van der Waals surface area (Å²) < 4.78 is 4.35. The highest BCUT2D eigenvalue weighted by molar-refractivity contribution is 6.17. The molecule has 0 aromatic carbocycles. The number of carbonyl (C=O) groups is 2. The van der Waals surface area contributed by atoms with Crippen molar-refractivity contribution in [3.8, 4) is 0 Å². The molecule has 0 atom stereocenters. The third-order valence-electron chi connectivity index (χ3n) is 1.49. The van der Waals surface area contributed by atoms with E-state index in [0.29, 0.717) is 11.1 Å². The maximum atomic E-state index is 10.8. The molecule has 1 saturated heterocycles. The van der Waals surface area contributed by atoms with Gasteiger partial charge in [-0.1, -0.05) is 12.2 Å². The fourth-order valence-corrected chi connectivity index (χ4v) is 0.961. The van der Waals surface area contributed by atoms with E-state index in [4.69, 9.17) is 0 Å². The van der Waals surface area contributed by atoms with E-state index in [0.717, 1.165) is 0 Å². The summed E-state index contributed by atoms with van der Waals surface area (Å²) in [6.45, 7) is 3.39. The van der Waals surface area contributed by atoms with E-state index >= 15 is 0 Å². The minimum Gasteiger partial charge on any atom is -0.386 e. The molecule has 0 unspecified atom stereocenters. The van der Waals surface area contributed by atoms with Crippen molar-refractivity contribution in [1.29, 1.82) is 0 Å². The number of esters is 2. The summed E-state index contributed by atoms with van der Waals surface area (Å²) >= 11 is 0. The molecular weight excluding hydrogens is 144 g/mol. The van der Waals surface area contributed by atoms with E-state index < -0.39 is 11.9 Å². The smallest absolute Gasteiger partial charge is 0.346 e. The first kappa shape index (κ1) is 7.72. The van der Waals surface area contributed by atoms with Crippen molar-refractivity contribution < 1.29 is 14.3 Å². The Morgan fingerprint density at radius 3 is 1.64 bits per heavy atom. The van der Waals surface area contributed by atoms with Crippen molar-refractivity contribution in [1.82, 2.24) is 0 Å². The van der Waals surface area contributed by atoms with E-state index in [2.05, 4.69) is 4.74 Å². The van der Waals surface area contributed by atoms with Gasteiger partial charge in [-0.3, -0.25) is 0 Å². The molecule has 0 aliphatic carbocycles. The average Bonchev–Trinajstić information content (AvgIpc) is 2.24. The molecule has 1 aliphatic rings. The van der Waals surface area contributed by atoms with Gasteiger partial charge in [0.2, 0.25) is 0 Å². The second-order valence-electron chi connectivity index (χ2n) is 2.08. The summed E-state index contributed by atoms with van der Waals surface area (Å²) in [5.41, 5.74) is 0.718. The predicted molar refractivity (Wildman–Crippen MR) is 38.6 cm³/mol. The fourth-order valence-electron chi connectivity index (χ4n) is 0.961. The zero-order chi connectivity index (χ0) is 8.43. The molecule has 0 spiro atoms. The van der Waals surface area contributed by atoms with E-state index in [9.17, 15) is 9.59 Å². The number of ether oxygens (including phenoxy) is 1. The van der Waals surface area contributed by atoms with Crippen LogP contribution in [0.2, 0.25) is 0 Å². The van der Waals surface area contributed by atoms with Crippen LogP contribution in [0.15, 0.2) is 23.3 Å². The highest BCUT2D eigenvalue weighted by Crippen LogP contribution is 2.20. The normalized spacial score (nSPS) is 24.9. The van der Waals surface area contributed by atoms with Crippen LogP contribution < -0.4 is 0 Å². The van der Waals surface area contributed by atoms with Gasteiger partial charge in [-0.25, -0.2) is 9.59 Å². The van der Waals surface area contributed by atoms with Crippen molar-refractivity contribution in [2.75, 3.05) is 0 Å². The molecule has 58 valence electrons. The first-order chi connectivity index (χ1) is 5.20. The topological polar surface area (TPSA) is 43.4 Å². The summed E-state index contributed by atoms with van der Waals surface area (Å²) in [7, 11) is 0. The van der Waals surface area contributed by atoms with Crippen molar-refractivity contribution >= 4 is 11.9 Å². The minimum atomic E-state index is -0.550. The van der Waals surface area contributed by atoms with Gasteiger partial charge in [0.15, 0.2) is 0 Å². The molecule has 1 aliphatic heterocycles. The Kier molecular flexibility index (Phi) is 1.89. The summed E-state index contributed by atoms with van der Waals surface area (Å²) in [5.74, 6) is -1.10. The number of hydrogen-bond donors (Lipinski definition) is 0. The Bertz CT molecular complexity index is 243. The van der Waals surface area contributed by atoms with Gasteiger partial charge in [-0.05, 0) is 13.8 Å². The SMILES string of the molecule is CC=C1C(=O)OC(=O)/C1=C\C. The number of allylic oxidation sites excluding steroid dienone is 2. The van der Waals surface area contributed by atoms with E-state index in [1.165, 1.54) is 0 Å². The molecular formula is C8H8O3. The fraction of sp³-hybridized carbons (Fsp3) is 0.250. The van der Waals surface area contributed by atoms with E-state index in [1.54, 1.807) is 26.0 Å². The number of cyclic esters (lactones) is 2. The third kappa shape index (κ3) is 1.09. The molecule has 3 heteroatoms. The minimum absolute atomic E-state index is 0.359. The van der Waals surface area contributed by atoms with Gasteiger partial charge >= 0.3 is 11.9 Å². The maximum Gasteiger partial charge on any atom is 0.346 e. The Morgan fingerprint density at radius 1 is 1.00 bits per heavy atom. The quantitative estimate of drug-likeness (QED) is 0.295. The molecule has 3 nitrogen and oxygen atoms in total. The molecule has 0 N–H and O–H groups in total. The van der Waals surface area contributed by atoms with Gasteiger partial charge < -0.3 is 4.74 Å². The van der Waals surface area contributed by atoms with Crippen molar-refractivity contribution in [3.63, 3.8) is 0 Å². The Balaban J connectivity index is 3.14. The lowest BCUT2D eigenvalue weighted by atomic mass is 10.1. The second-order valence-corrected chi connectivity index (χ2v) is 2.08. The highest BCUT2D eigenvalue weighted by Gasteiger charge is 2.31. The van der Waals surface area contributed by atoms with Gasteiger partial charge in [0.05, 0.1) is 11.1 Å². The van der Waals surface area contributed by atoms with Crippen LogP contribution in [0.1, 0.15) is 13.8 Å². The first-order valence-electron chi connectivity index (χ1n) is 3.30. The van der Waals surface area contributed by atoms with E-state index in [-0.39, 0.29) is 0 Å². The summed E-state index contributed by atoms with van der Waals surface area (Å²) in [5, 5.41) is 0. The lowest BCUT2D eigenvalue weighted by molar-refractivity contribution is -0.149. The van der Waals surface area contributed by atoms with Gasteiger partial charge in [0, 0.05) is 0 Å². The summed E-state index contributed by atoms with van der Waals surface area (Å²) in [6, 6.07) is 0. The molecule has 1 heterocycles. The average molecular weight is 152 g/mol. The largest absolute Gasteiger partial charge is 0.386 e. The van der Waals surface area contributed by atoms with E-state index in [1.807, 2.05) is 0 Å². The third-order valence-corrected chi connectivity index (χ3v) is 1.49. The molecule has 0 bridgehead atoms. The maximum absolute atomic E-state index is 10.8. The van der Waals surface area contributed by atoms with Crippen LogP contribution in [0.4, 0.5) is 0 Å². The lowest BCUT2D eigenvalue weighted by Gasteiger charge is -1.86. The summed E-state index contributed by atoms with van der Waals surface area (Å²) in [6.07, 6.45) is 3.14. The molecule has 1 rings (SSSR count). The molecule has 0 radical (unpaired) electrons. The number of rotatable bonds is 0. The van der Waals surface area contributed by atoms with Crippen molar-refractivity contribution in [3.05, 3.63) is 23.3 Å². The van der Waals surface area contributed by atoms with Gasteiger partial charge in [-0.2, -0.15) is 0 Å². The van der Waals surface area contributed by atoms with Crippen LogP contribution in [0.5, 0.6) is 0 Å². The zero-order valence-corrected chi connectivity index (χ0v) is 6.38. The highest BCUT2D eigenvalue weighted by atomic mass is 16.6. The zero-order valence-electron chi connectivity index (χ0n) is 6.38. The second kappa shape index (κ2) is 2.70. The van der Waals surface area contributed by atoms with Crippen LogP contribution in [0, 0.1) is 0 Å². The molecule has 11 heavy (non-hydrogen) atoms. The Labute approximate surface area is 64.3 Å².